The number of alkyl halides is 1. The number of amides is 1. The largest absolute Gasteiger partial charge is 0.503 e. The van der Waals surface area contributed by atoms with Crippen molar-refractivity contribution in [2.75, 3.05) is 33.5 Å². The van der Waals surface area contributed by atoms with Gasteiger partial charge in [-0.05, 0) is 27.2 Å². The van der Waals surface area contributed by atoms with Gasteiger partial charge in [-0.2, -0.15) is 0 Å². The fourth-order valence-electron chi connectivity index (χ4n) is 3.25. The van der Waals surface area contributed by atoms with Gasteiger partial charge in [0, 0.05) is 18.9 Å². The molecule has 1 aromatic heterocycles. The summed E-state index contributed by atoms with van der Waals surface area (Å²) in [5, 5.41) is 12.7. The van der Waals surface area contributed by atoms with Crippen LogP contribution in [0.15, 0.2) is 12.3 Å². The van der Waals surface area contributed by atoms with Crippen LogP contribution in [0.2, 0.25) is 0 Å². The van der Waals surface area contributed by atoms with E-state index >= 15 is 0 Å². The number of unbranched alkanes of at least 4 members (excludes halogenated alkanes) is 1. The average molecular weight is 503 g/mol. The van der Waals surface area contributed by atoms with E-state index in [-0.39, 0.29) is 31.3 Å². The molecule has 10 nitrogen and oxygen atoms in total. The van der Waals surface area contributed by atoms with Gasteiger partial charge < -0.3 is 34.1 Å². The Kier molecular flexibility index (Phi) is 10.8. The van der Waals surface area contributed by atoms with Crippen LogP contribution in [0.3, 0.4) is 0 Å². The molecule has 4 unspecified atom stereocenters. The molecule has 0 spiro atoms. The van der Waals surface area contributed by atoms with Gasteiger partial charge in [0.05, 0.1) is 31.8 Å². The van der Waals surface area contributed by atoms with Gasteiger partial charge in [0.1, 0.15) is 18.3 Å². The highest BCUT2D eigenvalue weighted by atomic mass is 35.5. The molecule has 1 aliphatic rings. The Bertz CT molecular complexity index is 817. The van der Waals surface area contributed by atoms with Crippen LogP contribution in [0, 0.1) is 0 Å². The van der Waals surface area contributed by atoms with Crippen molar-refractivity contribution in [3.05, 3.63) is 18.0 Å². The van der Waals surface area contributed by atoms with E-state index in [1.54, 1.807) is 6.92 Å². The van der Waals surface area contributed by atoms with Gasteiger partial charge in [-0.15, -0.1) is 11.6 Å². The number of nitrogens with zero attached hydrogens (tertiary/aromatic N) is 1. The maximum absolute atomic E-state index is 12.9. The number of methoxy groups -OCH3 is 1. The fourth-order valence-corrected chi connectivity index (χ4v) is 3.32. The number of cyclic esters (lactones) is 1. The van der Waals surface area contributed by atoms with Crippen LogP contribution in [-0.2, 0) is 23.7 Å². The zero-order chi connectivity index (χ0) is 25.3. The molecule has 0 aliphatic carbocycles. The smallest absolute Gasteiger partial charge is 0.331 e. The first-order valence-corrected chi connectivity index (χ1v) is 11.7. The van der Waals surface area contributed by atoms with Crippen molar-refractivity contribution in [2.45, 2.75) is 69.8 Å². The Morgan fingerprint density at radius 1 is 1.35 bits per heavy atom. The lowest BCUT2D eigenvalue weighted by molar-refractivity contribution is -0.168. The topological polar surface area (TPSA) is 125 Å². The first-order valence-electron chi connectivity index (χ1n) is 11.3. The van der Waals surface area contributed by atoms with E-state index in [0.717, 1.165) is 12.8 Å². The number of pyridine rings is 1. The van der Waals surface area contributed by atoms with Crippen molar-refractivity contribution >= 4 is 23.5 Å². The first-order chi connectivity index (χ1) is 16.1. The molecule has 0 saturated carbocycles. The standard InChI is InChI=1S/C23H35ClN2O8/c1-6-7-10-32-17-12-31-11-15(22(29)34-14(2)20(17)33-13-23(3,4)24)26-21(28)18-19(27)16(30-5)8-9-25-18/h8-9,14-15,17,20,27H,6-7,10-13H2,1-5H3,(H,26,28). The second-order valence-electron chi connectivity index (χ2n) is 8.67. The molecule has 1 amide bonds. The molecular formula is C23H35ClN2O8. The highest BCUT2D eigenvalue weighted by molar-refractivity contribution is 6.23. The van der Waals surface area contributed by atoms with E-state index in [1.807, 2.05) is 13.8 Å². The number of carbonyl (C=O) groups is 2. The number of aromatic hydroxyl groups is 1. The molecule has 192 valence electrons. The minimum Gasteiger partial charge on any atom is -0.503 e. The minimum atomic E-state index is -1.14. The van der Waals surface area contributed by atoms with E-state index in [4.69, 9.17) is 35.3 Å². The Labute approximate surface area is 205 Å². The molecule has 1 fully saturated rings. The highest BCUT2D eigenvalue weighted by Crippen LogP contribution is 2.27. The Balaban J connectivity index is 2.17. The zero-order valence-corrected chi connectivity index (χ0v) is 21.1. The lowest BCUT2D eigenvalue weighted by atomic mass is 10.1. The van der Waals surface area contributed by atoms with Crippen LogP contribution in [0.1, 0.15) is 51.0 Å². The quantitative estimate of drug-likeness (QED) is 0.282. The maximum atomic E-state index is 12.9. The zero-order valence-electron chi connectivity index (χ0n) is 20.3. The lowest BCUT2D eigenvalue weighted by Crippen LogP contribution is -2.47. The maximum Gasteiger partial charge on any atom is 0.331 e. The molecule has 0 radical (unpaired) electrons. The van der Waals surface area contributed by atoms with Crippen molar-refractivity contribution in [2.24, 2.45) is 0 Å². The van der Waals surface area contributed by atoms with Crippen molar-refractivity contribution in [3.8, 4) is 11.5 Å². The van der Waals surface area contributed by atoms with Crippen molar-refractivity contribution in [1.82, 2.24) is 10.3 Å². The lowest BCUT2D eigenvalue weighted by Gasteiger charge is -2.32. The van der Waals surface area contributed by atoms with Crippen molar-refractivity contribution in [3.63, 3.8) is 0 Å². The summed E-state index contributed by atoms with van der Waals surface area (Å²) in [6.07, 6.45) is 1.28. The first kappa shape index (κ1) is 28.1. The summed E-state index contributed by atoms with van der Waals surface area (Å²) in [5.41, 5.74) is -0.286. The van der Waals surface area contributed by atoms with Crippen molar-refractivity contribution < 1.29 is 38.4 Å². The number of aromatic nitrogens is 1. The van der Waals surface area contributed by atoms with E-state index in [9.17, 15) is 14.7 Å². The number of ether oxygens (including phenoxy) is 5. The van der Waals surface area contributed by atoms with Crippen LogP contribution in [0.5, 0.6) is 11.5 Å². The molecule has 0 aromatic carbocycles. The average Bonchev–Trinajstić information content (AvgIpc) is 2.81. The van der Waals surface area contributed by atoms with Gasteiger partial charge in [0.25, 0.3) is 5.91 Å². The Morgan fingerprint density at radius 2 is 2.09 bits per heavy atom. The number of rotatable bonds is 10. The molecule has 34 heavy (non-hydrogen) atoms. The summed E-state index contributed by atoms with van der Waals surface area (Å²) in [4.78, 5) is 28.8. The number of hydrogen-bond donors (Lipinski definition) is 2. The van der Waals surface area contributed by atoms with E-state index in [2.05, 4.69) is 17.2 Å². The number of esters is 1. The van der Waals surface area contributed by atoms with Gasteiger partial charge in [-0.25, -0.2) is 9.78 Å². The van der Waals surface area contributed by atoms with E-state index < -0.39 is 46.9 Å². The number of nitrogens with one attached hydrogen (secondary N) is 1. The van der Waals surface area contributed by atoms with E-state index in [0.29, 0.717) is 6.61 Å². The second kappa shape index (κ2) is 13.1. The van der Waals surface area contributed by atoms with E-state index in [1.165, 1.54) is 19.4 Å². The number of hydrogen-bond acceptors (Lipinski definition) is 9. The molecule has 1 saturated heterocycles. The molecule has 2 N–H and O–H groups in total. The molecule has 2 rings (SSSR count). The number of halogens is 1. The third-order valence-electron chi connectivity index (χ3n) is 5.06. The van der Waals surface area contributed by atoms with Gasteiger partial charge in [-0.1, -0.05) is 13.3 Å². The normalized spacial score (nSPS) is 23.9. The minimum absolute atomic E-state index is 0.0799. The fraction of sp³-hybridized carbons (Fsp3) is 0.696. The van der Waals surface area contributed by atoms with Gasteiger partial charge in [0.15, 0.2) is 23.2 Å². The van der Waals surface area contributed by atoms with Crippen molar-refractivity contribution in [1.29, 1.82) is 0 Å². The summed E-state index contributed by atoms with van der Waals surface area (Å²) in [6, 6.07) is 0.272. The van der Waals surface area contributed by atoms with Crippen LogP contribution in [0.4, 0.5) is 0 Å². The molecule has 1 aliphatic heterocycles. The van der Waals surface area contributed by atoms with Gasteiger partial charge in [-0.3, -0.25) is 4.79 Å². The third-order valence-corrected chi connectivity index (χ3v) is 5.17. The highest BCUT2D eigenvalue weighted by Gasteiger charge is 2.37. The molecule has 4 atom stereocenters. The molecule has 2 heterocycles. The van der Waals surface area contributed by atoms with Gasteiger partial charge in [0.2, 0.25) is 0 Å². The summed E-state index contributed by atoms with van der Waals surface area (Å²) in [7, 11) is 1.35. The Hall–Kier alpha value is -2.14. The summed E-state index contributed by atoms with van der Waals surface area (Å²) in [5.74, 6) is -1.84. The predicted molar refractivity (Wildman–Crippen MR) is 124 cm³/mol. The Morgan fingerprint density at radius 3 is 2.74 bits per heavy atom. The molecule has 1 aromatic rings. The monoisotopic (exact) mass is 502 g/mol. The van der Waals surface area contributed by atoms with Crippen LogP contribution >= 0.6 is 11.6 Å². The number of carbonyl (C=O) groups excluding carboxylic acids is 2. The van der Waals surface area contributed by atoms with Gasteiger partial charge >= 0.3 is 5.97 Å². The summed E-state index contributed by atoms with van der Waals surface area (Å²) < 4.78 is 28.4. The second-order valence-corrected chi connectivity index (χ2v) is 9.70. The molecular weight excluding hydrogens is 468 g/mol. The van der Waals surface area contributed by atoms with Crippen LogP contribution in [0.25, 0.3) is 0 Å². The van der Waals surface area contributed by atoms with Crippen LogP contribution < -0.4 is 10.1 Å². The predicted octanol–water partition coefficient (Wildman–Crippen LogP) is 2.44. The SMILES string of the molecule is CCCCOC1COCC(NC(=O)c2nccc(OC)c2O)C(=O)OC(C)C1OCC(C)(C)Cl. The molecule has 0 bridgehead atoms. The third kappa shape index (κ3) is 8.26. The molecule has 11 heteroatoms. The summed E-state index contributed by atoms with van der Waals surface area (Å²) in [6.45, 7) is 8.04. The van der Waals surface area contributed by atoms with Crippen LogP contribution in [-0.4, -0.2) is 84.7 Å². The summed E-state index contributed by atoms with van der Waals surface area (Å²) >= 11 is 6.29.